The maximum absolute atomic E-state index is 11.4. The van der Waals surface area contributed by atoms with Crippen molar-refractivity contribution in [2.24, 2.45) is 0 Å². The second-order valence-electron chi connectivity index (χ2n) is 5.28. The summed E-state index contributed by atoms with van der Waals surface area (Å²) in [5.41, 5.74) is 1.02. The van der Waals surface area contributed by atoms with Gasteiger partial charge in [-0.15, -0.1) is 11.3 Å². The first-order valence-electron chi connectivity index (χ1n) is 7.11. The van der Waals surface area contributed by atoms with Crippen LogP contribution < -0.4 is 0 Å². The molecule has 3 rings (SSSR count). The molecule has 0 radical (unpaired) electrons. The zero-order valence-electron chi connectivity index (χ0n) is 11.3. The van der Waals surface area contributed by atoms with Gasteiger partial charge in [0, 0.05) is 15.7 Å². The summed E-state index contributed by atoms with van der Waals surface area (Å²) in [4.78, 5) is 12.0. The molecule has 1 heterocycles. The van der Waals surface area contributed by atoms with Crippen molar-refractivity contribution in [3.63, 3.8) is 0 Å². The van der Waals surface area contributed by atoms with E-state index >= 15 is 0 Å². The van der Waals surface area contributed by atoms with Crippen molar-refractivity contribution < 1.29 is 9.90 Å². The number of carbonyl (C=O) groups is 1. The lowest BCUT2D eigenvalue weighted by Gasteiger charge is -2.20. The minimum absolute atomic E-state index is 0.523. The fourth-order valence-corrected chi connectivity index (χ4v) is 5.37. The highest BCUT2D eigenvalue weighted by Gasteiger charge is 2.20. The number of fused-ring (bicyclic) bond motifs is 1. The van der Waals surface area contributed by atoms with Crippen LogP contribution in [0, 0.1) is 0 Å². The lowest BCUT2D eigenvalue weighted by atomic mass is 10.0. The molecular weight excluding hydrogens is 288 g/mol. The molecule has 20 heavy (non-hydrogen) atoms. The van der Waals surface area contributed by atoms with Gasteiger partial charge in [-0.2, -0.15) is 11.8 Å². The molecular formula is C16H18O2S2. The van der Waals surface area contributed by atoms with Crippen molar-refractivity contribution in [1.29, 1.82) is 0 Å². The highest BCUT2D eigenvalue weighted by Crippen LogP contribution is 2.37. The SMILES string of the molecule is O=C(O)c1sc2ccccc2c1CSC1CCCCC1. The van der Waals surface area contributed by atoms with Crippen LogP contribution in [0.2, 0.25) is 0 Å². The Labute approximate surface area is 127 Å². The second kappa shape index (κ2) is 6.19. The number of carboxylic acid groups (broad SMARTS) is 1. The molecule has 1 aromatic carbocycles. The molecule has 106 valence electrons. The van der Waals surface area contributed by atoms with Crippen molar-refractivity contribution in [3.05, 3.63) is 34.7 Å². The van der Waals surface area contributed by atoms with Gasteiger partial charge in [0.15, 0.2) is 0 Å². The van der Waals surface area contributed by atoms with E-state index < -0.39 is 5.97 Å². The molecule has 1 N–H and O–H groups in total. The van der Waals surface area contributed by atoms with Crippen molar-refractivity contribution in [1.82, 2.24) is 0 Å². The highest BCUT2D eigenvalue weighted by molar-refractivity contribution is 7.99. The largest absolute Gasteiger partial charge is 0.477 e. The smallest absolute Gasteiger partial charge is 0.346 e. The number of thioether (sulfide) groups is 1. The summed E-state index contributed by atoms with van der Waals surface area (Å²) in [6.07, 6.45) is 6.59. The zero-order valence-corrected chi connectivity index (χ0v) is 12.9. The summed E-state index contributed by atoms with van der Waals surface area (Å²) >= 11 is 3.35. The van der Waals surface area contributed by atoms with E-state index in [0.29, 0.717) is 10.1 Å². The lowest BCUT2D eigenvalue weighted by molar-refractivity contribution is 0.0701. The van der Waals surface area contributed by atoms with Crippen molar-refractivity contribution in [2.45, 2.75) is 43.1 Å². The summed E-state index contributed by atoms with van der Waals surface area (Å²) < 4.78 is 1.09. The quantitative estimate of drug-likeness (QED) is 0.847. The van der Waals surface area contributed by atoms with E-state index in [-0.39, 0.29) is 0 Å². The monoisotopic (exact) mass is 306 g/mol. The lowest BCUT2D eigenvalue weighted by Crippen LogP contribution is -2.08. The Morgan fingerprint density at radius 1 is 1.25 bits per heavy atom. The Bertz CT molecular complexity index is 612. The summed E-state index contributed by atoms with van der Waals surface area (Å²) in [7, 11) is 0. The van der Waals surface area contributed by atoms with E-state index in [1.807, 2.05) is 30.0 Å². The van der Waals surface area contributed by atoms with E-state index in [0.717, 1.165) is 21.4 Å². The molecule has 2 aromatic rings. The van der Waals surface area contributed by atoms with Gasteiger partial charge in [0.25, 0.3) is 0 Å². The number of thiophene rings is 1. The van der Waals surface area contributed by atoms with Crippen LogP contribution in [0.15, 0.2) is 24.3 Å². The van der Waals surface area contributed by atoms with Crippen LogP contribution in [-0.4, -0.2) is 16.3 Å². The predicted octanol–water partition coefficient (Wildman–Crippen LogP) is 5.17. The summed E-state index contributed by atoms with van der Waals surface area (Å²) in [6.45, 7) is 0. The average molecular weight is 306 g/mol. The fourth-order valence-electron chi connectivity index (χ4n) is 2.85. The Hall–Kier alpha value is -1.00. The third kappa shape index (κ3) is 2.86. The van der Waals surface area contributed by atoms with Crippen molar-refractivity contribution in [3.8, 4) is 0 Å². The zero-order chi connectivity index (χ0) is 13.9. The molecule has 1 saturated carbocycles. The topological polar surface area (TPSA) is 37.3 Å². The number of benzene rings is 1. The van der Waals surface area contributed by atoms with Crippen LogP contribution in [0.5, 0.6) is 0 Å². The standard InChI is InChI=1S/C16H18O2S2/c17-16(18)15-13(10-19-11-6-2-1-3-7-11)12-8-4-5-9-14(12)20-15/h4-5,8-9,11H,1-3,6-7,10H2,(H,17,18). The number of hydrogen-bond acceptors (Lipinski definition) is 3. The molecule has 0 aliphatic heterocycles. The first-order chi connectivity index (χ1) is 9.75. The normalized spacial score (nSPS) is 16.6. The van der Waals surface area contributed by atoms with Crippen molar-refractivity contribution in [2.75, 3.05) is 0 Å². The minimum Gasteiger partial charge on any atom is -0.477 e. The number of rotatable bonds is 4. The van der Waals surface area contributed by atoms with E-state index in [4.69, 9.17) is 0 Å². The molecule has 1 aromatic heterocycles. The molecule has 0 unspecified atom stereocenters. The maximum Gasteiger partial charge on any atom is 0.346 e. The molecule has 0 amide bonds. The highest BCUT2D eigenvalue weighted by atomic mass is 32.2. The molecule has 0 spiro atoms. The molecule has 0 bridgehead atoms. The fraction of sp³-hybridized carbons (Fsp3) is 0.438. The van der Waals surface area contributed by atoms with Gasteiger partial charge in [-0.3, -0.25) is 0 Å². The number of aromatic carboxylic acids is 1. The van der Waals surface area contributed by atoms with E-state index in [9.17, 15) is 9.90 Å². The molecule has 1 fully saturated rings. The van der Waals surface area contributed by atoms with Crippen LogP contribution in [0.1, 0.15) is 47.3 Å². The van der Waals surface area contributed by atoms with Gasteiger partial charge in [-0.25, -0.2) is 4.79 Å². The Kier molecular flexibility index (Phi) is 4.32. The third-order valence-corrected chi connectivity index (χ3v) is 6.51. The van der Waals surface area contributed by atoms with E-state index in [1.54, 1.807) is 0 Å². The Morgan fingerprint density at radius 3 is 2.75 bits per heavy atom. The van der Waals surface area contributed by atoms with Gasteiger partial charge in [-0.05, 0) is 29.9 Å². The Morgan fingerprint density at radius 2 is 2.00 bits per heavy atom. The summed E-state index contributed by atoms with van der Waals surface area (Å²) in [5.74, 6) is 0.0431. The van der Waals surface area contributed by atoms with Crippen molar-refractivity contribution >= 4 is 39.2 Å². The molecule has 1 aliphatic rings. The maximum atomic E-state index is 11.4. The summed E-state index contributed by atoms with van der Waals surface area (Å²) in [5, 5.41) is 11.2. The molecule has 4 heteroatoms. The molecule has 0 atom stereocenters. The summed E-state index contributed by atoms with van der Waals surface area (Å²) in [6, 6.07) is 8.04. The third-order valence-electron chi connectivity index (χ3n) is 3.91. The van der Waals surface area contributed by atoms with E-state index in [1.165, 1.54) is 43.4 Å². The molecule has 2 nitrogen and oxygen atoms in total. The number of hydrogen-bond donors (Lipinski definition) is 1. The van der Waals surface area contributed by atoms with Crippen LogP contribution in [0.3, 0.4) is 0 Å². The second-order valence-corrected chi connectivity index (χ2v) is 7.62. The van der Waals surface area contributed by atoms with Crippen LogP contribution in [0.25, 0.3) is 10.1 Å². The van der Waals surface area contributed by atoms with E-state index in [2.05, 4.69) is 6.07 Å². The van der Waals surface area contributed by atoms with Gasteiger partial charge < -0.3 is 5.11 Å². The number of carboxylic acids is 1. The van der Waals surface area contributed by atoms with Gasteiger partial charge in [0.05, 0.1) is 0 Å². The predicted molar refractivity (Wildman–Crippen MR) is 87.0 cm³/mol. The first kappa shape index (κ1) is 14.0. The first-order valence-corrected chi connectivity index (χ1v) is 8.97. The van der Waals surface area contributed by atoms with Crippen LogP contribution in [-0.2, 0) is 5.75 Å². The van der Waals surface area contributed by atoms with Gasteiger partial charge in [0.1, 0.15) is 4.88 Å². The molecule has 1 aliphatic carbocycles. The van der Waals surface area contributed by atoms with Crippen LogP contribution in [0.4, 0.5) is 0 Å². The Balaban J connectivity index is 1.84. The van der Waals surface area contributed by atoms with Gasteiger partial charge >= 0.3 is 5.97 Å². The van der Waals surface area contributed by atoms with Gasteiger partial charge in [0.2, 0.25) is 0 Å². The average Bonchev–Trinajstić information content (AvgIpc) is 2.85. The minimum atomic E-state index is -0.787. The molecule has 0 saturated heterocycles. The van der Waals surface area contributed by atoms with Gasteiger partial charge in [-0.1, -0.05) is 37.5 Å². The van der Waals surface area contributed by atoms with Crippen LogP contribution >= 0.6 is 23.1 Å².